The van der Waals surface area contributed by atoms with Gasteiger partial charge in [0.2, 0.25) is 0 Å². The fraction of sp³-hybridized carbons (Fsp3) is 0.250. The molecule has 7 heteroatoms. The van der Waals surface area contributed by atoms with Gasteiger partial charge < -0.3 is 20.4 Å². The molecule has 4 rings (SSSR count). The maximum atomic E-state index is 14.4. The minimum absolute atomic E-state index is 0.261. The van der Waals surface area contributed by atoms with Gasteiger partial charge >= 0.3 is 0 Å². The normalized spacial score (nSPS) is 16.5. The van der Waals surface area contributed by atoms with Gasteiger partial charge in [-0.1, -0.05) is 121 Å². The Hall–Kier alpha value is -3.33. The van der Waals surface area contributed by atoms with Crippen molar-refractivity contribution in [1.29, 1.82) is 0 Å². The van der Waals surface area contributed by atoms with Crippen LogP contribution in [0.25, 0.3) is 0 Å². The first-order valence-electron chi connectivity index (χ1n) is 12.9. The van der Waals surface area contributed by atoms with Crippen LogP contribution in [0.3, 0.4) is 0 Å². The van der Waals surface area contributed by atoms with E-state index < -0.39 is 44.8 Å². The number of benzene rings is 4. The molecule has 39 heavy (non-hydrogen) atoms. The van der Waals surface area contributed by atoms with Crippen molar-refractivity contribution >= 4 is 9.84 Å². The van der Waals surface area contributed by atoms with Crippen LogP contribution < -0.4 is 0 Å². The van der Waals surface area contributed by atoms with E-state index in [0.29, 0.717) is 22.3 Å². The van der Waals surface area contributed by atoms with Crippen molar-refractivity contribution < 1.29 is 28.8 Å². The average Bonchev–Trinajstić information content (AvgIpc) is 2.99. The van der Waals surface area contributed by atoms with Crippen LogP contribution in [0.2, 0.25) is 0 Å². The lowest BCUT2D eigenvalue weighted by molar-refractivity contribution is 0.0110. The summed E-state index contributed by atoms with van der Waals surface area (Å²) in [7, 11) is -4.13. The molecule has 6 nitrogen and oxygen atoms in total. The largest absolute Gasteiger partial charge is 0.390 e. The summed E-state index contributed by atoms with van der Waals surface area (Å²) in [6.07, 6.45) is -5.83. The molecule has 0 spiro atoms. The fourth-order valence-electron chi connectivity index (χ4n) is 4.89. The van der Waals surface area contributed by atoms with Crippen molar-refractivity contribution in [3.05, 3.63) is 144 Å². The Balaban J connectivity index is 1.70. The minimum Gasteiger partial charge on any atom is -0.390 e. The van der Waals surface area contributed by atoms with Gasteiger partial charge in [-0.25, -0.2) is 8.42 Å². The van der Waals surface area contributed by atoms with E-state index in [1.165, 1.54) is 0 Å². The van der Waals surface area contributed by atoms with E-state index in [4.69, 9.17) is 0 Å². The van der Waals surface area contributed by atoms with Gasteiger partial charge in [0, 0.05) is 0 Å². The minimum atomic E-state index is -4.13. The summed E-state index contributed by atoms with van der Waals surface area (Å²) in [5.41, 5.74) is 1.90. The van der Waals surface area contributed by atoms with Gasteiger partial charge in [-0.2, -0.15) is 0 Å². The standard InChI is InChI=1S/C32H34O6S/c33-27(31(35)25-17-9-3-10-18-25)21-29(23-13-5-1-6-14-23)39(37,38)30(24-15-7-2-8-16-24)22-28(34)32(36)26-19-11-4-12-20-26/h1-20,27-36H,21-22H2. The van der Waals surface area contributed by atoms with E-state index in [0.717, 1.165) is 0 Å². The summed E-state index contributed by atoms with van der Waals surface area (Å²) in [6, 6.07) is 34.4. The molecule has 0 fully saturated rings. The number of sulfone groups is 1. The van der Waals surface area contributed by atoms with Crippen LogP contribution in [0.4, 0.5) is 0 Å². The molecule has 0 radical (unpaired) electrons. The Morgan fingerprint density at radius 3 is 0.974 bits per heavy atom. The Morgan fingerprint density at radius 2 is 0.692 bits per heavy atom. The molecule has 0 aromatic heterocycles. The van der Waals surface area contributed by atoms with Crippen molar-refractivity contribution in [2.75, 3.05) is 0 Å². The van der Waals surface area contributed by atoms with Crippen LogP contribution in [0.1, 0.15) is 57.8 Å². The Labute approximate surface area is 229 Å². The Bertz CT molecular complexity index is 1280. The lowest BCUT2D eigenvalue weighted by atomic mass is 9.98. The molecule has 0 heterocycles. The van der Waals surface area contributed by atoms with Crippen molar-refractivity contribution in [3.8, 4) is 0 Å². The van der Waals surface area contributed by atoms with E-state index in [9.17, 15) is 28.8 Å². The molecule has 4 aromatic carbocycles. The second kappa shape index (κ2) is 13.2. The zero-order chi connectivity index (χ0) is 27.8. The molecule has 6 atom stereocenters. The Kier molecular flexibility index (Phi) is 9.67. The lowest BCUT2D eigenvalue weighted by Crippen LogP contribution is -2.30. The molecule has 6 unspecified atom stereocenters. The van der Waals surface area contributed by atoms with Gasteiger partial charge in [0.05, 0.1) is 22.7 Å². The van der Waals surface area contributed by atoms with Crippen LogP contribution in [0.5, 0.6) is 0 Å². The van der Waals surface area contributed by atoms with Gasteiger partial charge in [0.15, 0.2) is 9.84 Å². The van der Waals surface area contributed by atoms with Crippen LogP contribution in [0.15, 0.2) is 121 Å². The molecular weight excluding hydrogens is 512 g/mol. The number of aliphatic hydroxyl groups excluding tert-OH is 4. The molecule has 0 aliphatic rings. The summed E-state index contributed by atoms with van der Waals surface area (Å²) in [5.74, 6) is 0. The maximum absolute atomic E-state index is 14.4. The predicted octanol–water partition coefficient (Wildman–Crippen LogP) is 4.85. The maximum Gasteiger partial charge on any atom is 0.164 e. The van der Waals surface area contributed by atoms with E-state index in [2.05, 4.69) is 0 Å². The van der Waals surface area contributed by atoms with E-state index in [1.54, 1.807) is 121 Å². The summed E-state index contributed by atoms with van der Waals surface area (Å²) in [4.78, 5) is 0. The van der Waals surface area contributed by atoms with Gasteiger partial charge in [-0.05, 0) is 35.1 Å². The molecule has 0 aliphatic heterocycles. The zero-order valence-electron chi connectivity index (χ0n) is 21.4. The zero-order valence-corrected chi connectivity index (χ0v) is 22.3. The van der Waals surface area contributed by atoms with Crippen LogP contribution in [-0.4, -0.2) is 41.1 Å². The highest BCUT2D eigenvalue weighted by Crippen LogP contribution is 2.42. The fourth-order valence-corrected chi connectivity index (χ4v) is 7.30. The van der Waals surface area contributed by atoms with Gasteiger partial charge in [-0.3, -0.25) is 0 Å². The Morgan fingerprint density at radius 1 is 0.436 bits per heavy atom. The van der Waals surface area contributed by atoms with Crippen molar-refractivity contribution in [3.63, 3.8) is 0 Å². The van der Waals surface area contributed by atoms with E-state index >= 15 is 0 Å². The third kappa shape index (κ3) is 7.01. The summed E-state index contributed by atoms with van der Waals surface area (Å²) < 4.78 is 28.9. The van der Waals surface area contributed by atoms with E-state index in [-0.39, 0.29) is 12.8 Å². The summed E-state index contributed by atoms with van der Waals surface area (Å²) in [6.45, 7) is 0. The molecule has 0 aliphatic carbocycles. The second-order valence-electron chi connectivity index (χ2n) is 9.70. The van der Waals surface area contributed by atoms with Crippen LogP contribution >= 0.6 is 0 Å². The molecule has 0 bridgehead atoms. The topological polar surface area (TPSA) is 115 Å². The first kappa shape index (κ1) is 28.7. The average molecular weight is 547 g/mol. The first-order valence-corrected chi connectivity index (χ1v) is 14.5. The van der Waals surface area contributed by atoms with Crippen LogP contribution in [-0.2, 0) is 9.84 Å². The highest BCUT2D eigenvalue weighted by molar-refractivity contribution is 7.91. The van der Waals surface area contributed by atoms with Crippen molar-refractivity contribution in [1.82, 2.24) is 0 Å². The molecule has 0 amide bonds. The molecular formula is C32H34O6S. The highest BCUT2D eigenvalue weighted by Gasteiger charge is 2.40. The van der Waals surface area contributed by atoms with Crippen molar-refractivity contribution in [2.24, 2.45) is 0 Å². The van der Waals surface area contributed by atoms with Gasteiger partial charge in [0.25, 0.3) is 0 Å². The third-order valence-corrected chi connectivity index (χ3v) is 9.57. The highest BCUT2D eigenvalue weighted by atomic mass is 32.2. The van der Waals surface area contributed by atoms with E-state index in [1.807, 2.05) is 0 Å². The second-order valence-corrected chi connectivity index (χ2v) is 12.0. The third-order valence-electron chi connectivity index (χ3n) is 7.06. The summed E-state index contributed by atoms with van der Waals surface area (Å²) in [5, 5.41) is 41.4. The number of hydrogen-bond donors (Lipinski definition) is 4. The smallest absolute Gasteiger partial charge is 0.164 e. The monoisotopic (exact) mass is 546 g/mol. The van der Waals surface area contributed by atoms with Crippen molar-refractivity contribution in [2.45, 2.75) is 47.8 Å². The molecule has 204 valence electrons. The number of rotatable bonds is 12. The lowest BCUT2D eigenvalue weighted by Gasteiger charge is -2.30. The molecule has 0 saturated carbocycles. The number of aliphatic hydroxyl groups is 4. The first-order chi connectivity index (χ1) is 18.8. The SMILES string of the molecule is O=S(=O)(C(CC(O)C(O)c1ccccc1)c1ccccc1)C(CC(O)C(O)c1ccccc1)c1ccccc1. The molecule has 0 saturated heterocycles. The van der Waals surface area contributed by atoms with Gasteiger partial charge in [0.1, 0.15) is 12.2 Å². The molecule has 4 N–H and O–H groups in total. The predicted molar refractivity (Wildman–Crippen MR) is 151 cm³/mol. The number of hydrogen-bond acceptors (Lipinski definition) is 6. The quantitative estimate of drug-likeness (QED) is 0.202. The van der Waals surface area contributed by atoms with Gasteiger partial charge in [-0.15, -0.1) is 0 Å². The van der Waals surface area contributed by atoms with Crippen LogP contribution in [0, 0.1) is 0 Å². The molecule has 4 aromatic rings. The summed E-state index contributed by atoms with van der Waals surface area (Å²) >= 11 is 0.